The van der Waals surface area contributed by atoms with Crippen molar-refractivity contribution in [1.29, 1.82) is 0 Å². The summed E-state index contributed by atoms with van der Waals surface area (Å²) in [5, 5.41) is 21.0. The molecular formula is C25H28N6O. The molecule has 164 valence electrons. The van der Waals surface area contributed by atoms with Crippen molar-refractivity contribution in [3.63, 3.8) is 0 Å². The van der Waals surface area contributed by atoms with Crippen LogP contribution in [-0.2, 0) is 7.05 Å². The Morgan fingerprint density at radius 2 is 1.91 bits per heavy atom. The fourth-order valence-corrected chi connectivity index (χ4v) is 4.99. The summed E-state index contributed by atoms with van der Waals surface area (Å²) in [4.78, 5) is 12.4. The first-order valence-corrected chi connectivity index (χ1v) is 11.5. The number of phenols is 1. The summed E-state index contributed by atoms with van der Waals surface area (Å²) >= 11 is 0. The van der Waals surface area contributed by atoms with E-state index < -0.39 is 0 Å². The summed E-state index contributed by atoms with van der Waals surface area (Å²) in [5.41, 5.74) is 5.56. The Morgan fingerprint density at radius 1 is 1.09 bits per heavy atom. The van der Waals surface area contributed by atoms with Crippen molar-refractivity contribution in [2.45, 2.75) is 32.1 Å². The number of aromatic nitrogens is 4. The van der Waals surface area contributed by atoms with Gasteiger partial charge in [0.25, 0.3) is 0 Å². The molecule has 6 rings (SSSR count). The summed E-state index contributed by atoms with van der Waals surface area (Å²) in [6.45, 7) is 5.96. The zero-order chi connectivity index (χ0) is 21.8. The van der Waals surface area contributed by atoms with Gasteiger partial charge < -0.3 is 15.3 Å². The molecule has 0 amide bonds. The van der Waals surface area contributed by atoms with E-state index in [4.69, 9.17) is 9.97 Å². The fraction of sp³-hybridized carbons (Fsp3) is 0.400. The first-order valence-electron chi connectivity index (χ1n) is 11.5. The highest BCUT2D eigenvalue weighted by Gasteiger charge is 2.26. The van der Waals surface area contributed by atoms with Gasteiger partial charge in [-0.3, -0.25) is 4.68 Å². The molecule has 7 nitrogen and oxygen atoms in total. The number of nitrogens with zero attached hydrogens (tertiary/aromatic N) is 5. The predicted molar refractivity (Wildman–Crippen MR) is 127 cm³/mol. The number of hydrogen-bond acceptors (Lipinski definition) is 6. The van der Waals surface area contributed by atoms with Crippen molar-refractivity contribution in [1.82, 2.24) is 25.1 Å². The average Bonchev–Trinajstić information content (AvgIpc) is 3.16. The van der Waals surface area contributed by atoms with E-state index in [9.17, 15) is 5.11 Å². The van der Waals surface area contributed by atoms with Gasteiger partial charge >= 0.3 is 0 Å². The van der Waals surface area contributed by atoms with Crippen LogP contribution in [0.1, 0.15) is 36.4 Å². The lowest BCUT2D eigenvalue weighted by molar-refractivity contribution is 0.414. The highest BCUT2D eigenvalue weighted by Crippen LogP contribution is 2.42. The maximum absolute atomic E-state index is 11.0. The molecule has 2 N–H and O–H groups in total. The number of piperazine rings is 1. The molecular weight excluding hydrogens is 400 g/mol. The number of anilines is 1. The van der Waals surface area contributed by atoms with E-state index in [1.165, 1.54) is 12.1 Å². The van der Waals surface area contributed by atoms with Gasteiger partial charge in [0.05, 0.1) is 22.3 Å². The second kappa shape index (κ2) is 7.45. The molecule has 3 heterocycles. The van der Waals surface area contributed by atoms with Crippen LogP contribution >= 0.6 is 0 Å². The first kappa shape index (κ1) is 19.5. The van der Waals surface area contributed by atoms with Crippen LogP contribution in [0, 0.1) is 6.92 Å². The average molecular weight is 429 g/mol. The van der Waals surface area contributed by atoms with E-state index >= 15 is 0 Å². The van der Waals surface area contributed by atoms with E-state index in [0.717, 1.165) is 72.1 Å². The molecule has 0 bridgehead atoms. The Morgan fingerprint density at radius 3 is 2.66 bits per heavy atom. The van der Waals surface area contributed by atoms with Crippen LogP contribution < -0.4 is 10.2 Å². The first-order chi connectivity index (χ1) is 15.6. The molecule has 0 unspecified atom stereocenters. The maximum Gasteiger partial charge on any atom is 0.163 e. The molecule has 4 aromatic rings. The summed E-state index contributed by atoms with van der Waals surface area (Å²) in [6, 6.07) is 8.52. The van der Waals surface area contributed by atoms with Gasteiger partial charge in [-0.25, -0.2) is 9.97 Å². The van der Waals surface area contributed by atoms with Crippen LogP contribution in [0.3, 0.4) is 0 Å². The molecule has 0 atom stereocenters. The molecule has 2 aromatic carbocycles. The third-order valence-corrected chi connectivity index (χ3v) is 7.05. The lowest BCUT2D eigenvalue weighted by Crippen LogP contribution is -2.43. The van der Waals surface area contributed by atoms with E-state index in [-0.39, 0.29) is 5.75 Å². The molecule has 1 saturated carbocycles. The van der Waals surface area contributed by atoms with Gasteiger partial charge in [-0.15, -0.1) is 0 Å². The van der Waals surface area contributed by atoms with Crippen LogP contribution in [0.25, 0.3) is 33.2 Å². The Bertz CT molecular complexity index is 1330. The van der Waals surface area contributed by atoms with E-state index in [0.29, 0.717) is 17.3 Å². The van der Waals surface area contributed by atoms with Gasteiger partial charge in [-0.05, 0) is 44.0 Å². The summed E-state index contributed by atoms with van der Waals surface area (Å²) in [5.74, 6) is 1.27. The molecule has 32 heavy (non-hydrogen) atoms. The fourth-order valence-electron chi connectivity index (χ4n) is 4.99. The SMILES string of the molecule is Cc1c(O)c(-c2nc(C3CCC3)c3cc(N4CCNCC4)ccc3n2)cc2cn(C)nc12. The van der Waals surface area contributed by atoms with Crippen molar-refractivity contribution in [2.75, 3.05) is 31.1 Å². The van der Waals surface area contributed by atoms with Gasteiger partial charge in [-0.2, -0.15) is 5.10 Å². The minimum atomic E-state index is 0.215. The zero-order valence-electron chi connectivity index (χ0n) is 18.6. The molecule has 2 fully saturated rings. The number of rotatable bonds is 3. The lowest BCUT2D eigenvalue weighted by atomic mass is 9.81. The Labute approximate surface area is 187 Å². The summed E-state index contributed by atoms with van der Waals surface area (Å²) < 4.78 is 1.78. The smallest absolute Gasteiger partial charge is 0.163 e. The number of fused-ring (bicyclic) bond motifs is 2. The van der Waals surface area contributed by atoms with E-state index in [1.807, 2.05) is 26.2 Å². The molecule has 7 heteroatoms. The quantitative estimate of drug-likeness (QED) is 0.516. The number of hydrogen-bond donors (Lipinski definition) is 2. The maximum atomic E-state index is 11.0. The number of nitrogens with one attached hydrogen (secondary N) is 1. The number of aryl methyl sites for hydroxylation is 2. The highest BCUT2D eigenvalue weighted by molar-refractivity contribution is 5.92. The van der Waals surface area contributed by atoms with Crippen molar-refractivity contribution in [3.8, 4) is 17.1 Å². The monoisotopic (exact) mass is 428 g/mol. The molecule has 2 aliphatic rings. The van der Waals surface area contributed by atoms with Crippen LogP contribution in [-0.4, -0.2) is 51.0 Å². The predicted octanol–water partition coefficient (Wildman–Crippen LogP) is 3.87. The van der Waals surface area contributed by atoms with E-state index in [2.05, 4.69) is 33.5 Å². The molecule has 0 spiro atoms. The van der Waals surface area contributed by atoms with Crippen LogP contribution in [0.2, 0.25) is 0 Å². The second-order valence-corrected chi connectivity index (χ2v) is 9.14. The van der Waals surface area contributed by atoms with Crippen molar-refractivity contribution in [3.05, 3.63) is 41.7 Å². The minimum Gasteiger partial charge on any atom is -0.507 e. The van der Waals surface area contributed by atoms with E-state index in [1.54, 1.807) is 4.68 Å². The molecule has 1 aliphatic heterocycles. The van der Waals surface area contributed by atoms with Crippen LogP contribution in [0.4, 0.5) is 5.69 Å². The van der Waals surface area contributed by atoms with Crippen molar-refractivity contribution >= 4 is 27.5 Å². The van der Waals surface area contributed by atoms with Gasteiger partial charge in [0.2, 0.25) is 0 Å². The van der Waals surface area contributed by atoms with Gasteiger partial charge in [-0.1, -0.05) is 6.42 Å². The van der Waals surface area contributed by atoms with Gasteiger partial charge in [0, 0.05) is 67.4 Å². The minimum absolute atomic E-state index is 0.215. The number of aromatic hydroxyl groups is 1. The molecule has 1 aliphatic carbocycles. The van der Waals surface area contributed by atoms with Gasteiger partial charge in [0.15, 0.2) is 5.82 Å². The van der Waals surface area contributed by atoms with Crippen LogP contribution in [0.15, 0.2) is 30.5 Å². The lowest BCUT2D eigenvalue weighted by Gasteiger charge is -2.30. The Balaban J connectivity index is 1.52. The normalized spacial score (nSPS) is 17.2. The summed E-state index contributed by atoms with van der Waals surface area (Å²) in [6.07, 6.45) is 5.54. The second-order valence-electron chi connectivity index (χ2n) is 9.14. The van der Waals surface area contributed by atoms with Crippen molar-refractivity contribution < 1.29 is 5.11 Å². The zero-order valence-corrected chi connectivity index (χ0v) is 18.6. The summed E-state index contributed by atoms with van der Waals surface area (Å²) in [7, 11) is 1.90. The molecule has 2 aromatic heterocycles. The van der Waals surface area contributed by atoms with Crippen LogP contribution in [0.5, 0.6) is 5.75 Å². The largest absolute Gasteiger partial charge is 0.507 e. The highest BCUT2D eigenvalue weighted by atomic mass is 16.3. The third-order valence-electron chi connectivity index (χ3n) is 7.05. The van der Waals surface area contributed by atoms with Gasteiger partial charge in [0.1, 0.15) is 5.75 Å². The Hall–Kier alpha value is -3.19. The third kappa shape index (κ3) is 3.11. The molecule has 1 saturated heterocycles. The molecule has 0 radical (unpaired) electrons. The standard InChI is InChI=1S/C25H28N6O/c1-15-22-17(14-30(2)29-22)12-20(24(15)32)25-27-21-7-6-18(31-10-8-26-9-11-31)13-19(21)23(28-25)16-4-3-5-16/h6-7,12-14,16,26,32H,3-5,8-11H2,1-2H3. The number of benzene rings is 2. The topological polar surface area (TPSA) is 79.1 Å². The Kier molecular flexibility index (Phi) is 4.54. The van der Waals surface area contributed by atoms with Crippen molar-refractivity contribution in [2.24, 2.45) is 7.05 Å². The number of phenolic OH excluding ortho intramolecular Hbond substituents is 1.